The Morgan fingerprint density at radius 1 is 1.29 bits per heavy atom. The van der Waals surface area contributed by atoms with E-state index in [1.807, 2.05) is 18.5 Å². The van der Waals surface area contributed by atoms with Crippen molar-refractivity contribution in [3.05, 3.63) is 11.6 Å². The first-order chi connectivity index (χ1) is 6.40. The third-order valence-electron chi connectivity index (χ3n) is 2.12. The van der Waals surface area contributed by atoms with Gasteiger partial charge >= 0.3 is 0 Å². The maximum absolute atomic E-state index is 4.09. The van der Waals surface area contributed by atoms with Gasteiger partial charge < -0.3 is 9.88 Å². The summed E-state index contributed by atoms with van der Waals surface area (Å²) in [6.45, 7) is 10.4. The molecule has 0 bridgehead atoms. The van der Waals surface area contributed by atoms with Gasteiger partial charge in [0.1, 0.15) is 11.6 Å². The molecule has 0 fully saturated rings. The summed E-state index contributed by atoms with van der Waals surface area (Å²) in [5.41, 5.74) is 0.313. The van der Waals surface area contributed by atoms with Crippen LogP contribution in [0.15, 0.2) is 0 Å². The summed E-state index contributed by atoms with van der Waals surface area (Å²) in [5.74, 6) is 1.95. The standard InChI is InChI=1S/C10H20N4/c1-8-12-13-9(14(8)5)6-11-7-10(2,3)4/h11H,6-7H2,1-5H3. The highest BCUT2D eigenvalue weighted by molar-refractivity contribution is 4.91. The van der Waals surface area contributed by atoms with E-state index < -0.39 is 0 Å². The van der Waals surface area contributed by atoms with E-state index in [2.05, 4.69) is 36.3 Å². The average molecular weight is 196 g/mol. The van der Waals surface area contributed by atoms with Gasteiger partial charge in [0.05, 0.1) is 6.54 Å². The van der Waals surface area contributed by atoms with Crippen molar-refractivity contribution in [3.63, 3.8) is 0 Å². The third-order valence-corrected chi connectivity index (χ3v) is 2.12. The molecule has 4 heteroatoms. The predicted molar refractivity (Wildman–Crippen MR) is 56.9 cm³/mol. The fourth-order valence-electron chi connectivity index (χ4n) is 1.15. The molecule has 0 saturated heterocycles. The SMILES string of the molecule is Cc1nnc(CNCC(C)(C)C)n1C. The number of nitrogens with one attached hydrogen (secondary N) is 1. The third kappa shape index (κ3) is 3.10. The monoisotopic (exact) mass is 196 g/mol. The fourth-order valence-corrected chi connectivity index (χ4v) is 1.15. The summed E-state index contributed by atoms with van der Waals surface area (Å²) in [6.07, 6.45) is 0. The number of hydrogen-bond acceptors (Lipinski definition) is 3. The minimum Gasteiger partial charge on any atom is -0.317 e. The largest absolute Gasteiger partial charge is 0.317 e. The molecule has 80 valence electrons. The second kappa shape index (κ2) is 4.09. The van der Waals surface area contributed by atoms with Gasteiger partial charge in [0.2, 0.25) is 0 Å². The zero-order chi connectivity index (χ0) is 10.8. The van der Waals surface area contributed by atoms with Crippen molar-refractivity contribution < 1.29 is 0 Å². The lowest BCUT2D eigenvalue weighted by atomic mass is 9.97. The summed E-state index contributed by atoms with van der Waals surface area (Å²) in [5, 5.41) is 11.5. The van der Waals surface area contributed by atoms with Crippen LogP contribution in [0.5, 0.6) is 0 Å². The van der Waals surface area contributed by atoms with Crippen LogP contribution in [0.4, 0.5) is 0 Å². The molecular formula is C10H20N4. The van der Waals surface area contributed by atoms with Gasteiger partial charge in [-0.15, -0.1) is 10.2 Å². The van der Waals surface area contributed by atoms with E-state index in [1.165, 1.54) is 0 Å². The Kier molecular flexibility index (Phi) is 3.26. The minimum absolute atomic E-state index is 0.313. The molecule has 1 aromatic rings. The second-order valence-electron chi connectivity index (χ2n) is 4.89. The Labute approximate surface area is 85.7 Å². The van der Waals surface area contributed by atoms with Crippen LogP contribution in [0.1, 0.15) is 32.4 Å². The van der Waals surface area contributed by atoms with E-state index in [9.17, 15) is 0 Å². The topological polar surface area (TPSA) is 42.7 Å². The lowest BCUT2D eigenvalue weighted by molar-refractivity contribution is 0.375. The Morgan fingerprint density at radius 2 is 1.93 bits per heavy atom. The number of nitrogens with zero attached hydrogens (tertiary/aromatic N) is 3. The van der Waals surface area contributed by atoms with Crippen LogP contribution in [0.25, 0.3) is 0 Å². The maximum atomic E-state index is 4.09. The molecule has 0 aliphatic carbocycles. The molecule has 0 amide bonds. The molecule has 0 unspecified atom stereocenters. The number of hydrogen-bond donors (Lipinski definition) is 1. The van der Waals surface area contributed by atoms with Gasteiger partial charge in [0, 0.05) is 13.6 Å². The molecule has 1 aromatic heterocycles. The van der Waals surface area contributed by atoms with Crippen molar-refractivity contribution in [1.82, 2.24) is 20.1 Å². The normalized spacial score (nSPS) is 12.1. The molecule has 0 aliphatic rings. The Morgan fingerprint density at radius 3 is 2.36 bits per heavy atom. The van der Waals surface area contributed by atoms with Gasteiger partial charge in [-0.2, -0.15) is 0 Å². The first-order valence-corrected chi connectivity index (χ1v) is 4.96. The van der Waals surface area contributed by atoms with Gasteiger partial charge in [0.25, 0.3) is 0 Å². The molecule has 0 aromatic carbocycles. The van der Waals surface area contributed by atoms with Gasteiger partial charge in [-0.05, 0) is 12.3 Å². The zero-order valence-electron chi connectivity index (χ0n) is 9.76. The zero-order valence-corrected chi connectivity index (χ0v) is 9.76. The lowest BCUT2D eigenvalue weighted by Crippen LogP contribution is -2.27. The lowest BCUT2D eigenvalue weighted by Gasteiger charge is -2.18. The average Bonchev–Trinajstić information content (AvgIpc) is 2.33. The van der Waals surface area contributed by atoms with Gasteiger partial charge in [-0.25, -0.2) is 0 Å². The van der Waals surface area contributed by atoms with Crippen LogP contribution in [0.3, 0.4) is 0 Å². The van der Waals surface area contributed by atoms with Crippen molar-refractivity contribution in [2.45, 2.75) is 34.2 Å². The summed E-state index contributed by atoms with van der Waals surface area (Å²) >= 11 is 0. The highest BCUT2D eigenvalue weighted by Crippen LogP contribution is 2.10. The molecule has 1 rings (SSSR count). The second-order valence-corrected chi connectivity index (χ2v) is 4.89. The highest BCUT2D eigenvalue weighted by Gasteiger charge is 2.10. The molecule has 0 radical (unpaired) electrons. The predicted octanol–water partition coefficient (Wildman–Crippen LogP) is 1.26. The van der Waals surface area contributed by atoms with E-state index in [1.54, 1.807) is 0 Å². The van der Waals surface area contributed by atoms with Crippen molar-refractivity contribution in [1.29, 1.82) is 0 Å². The van der Waals surface area contributed by atoms with Crippen LogP contribution in [0, 0.1) is 12.3 Å². The van der Waals surface area contributed by atoms with Crippen molar-refractivity contribution in [2.24, 2.45) is 12.5 Å². The van der Waals surface area contributed by atoms with E-state index in [-0.39, 0.29) is 0 Å². The Balaban J connectivity index is 2.43. The Hall–Kier alpha value is -0.900. The van der Waals surface area contributed by atoms with Crippen molar-refractivity contribution in [3.8, 4) is 0 Å². The number of aryl methyl sites for hydroxylation is 1. The Bertz CT molecular complexity index is 296. The van der Waals surface area contributed by atoms with Crippen molar-refractivity contribution in [2.75, 3.05) is 6.54 Å². The van der Waals surface area contributed by atoms with E-state index >= 15 is 0 Å². The van der Waals surface area contributed by atoms with E-state index in [0.29, 0.717) is 5.41 Å². The van der Waals surface area contributed by atoms with Crippen LogP contribution in [0.2, 0.25) is 0 Å². The van der Waals surface area contributed by atoms with E-state index in [4.69, 9.17) is 0 Å². The first-order valence-electron chi connectivity index (χ1n) is 4.96. The smallest absolute Gasteiger partial charge is 0.146 e. The molecule has 1 N–H and O–H groups in total. The summed E-state index contributed by atoms with van der Waals surface area (Å²) < 4.78 is 2.01. The molecule has 14 heavy (non-hydrogen) atoms. The van der Waals surface area contributed by atoms with Crippen LogP contribution >= 0.6 is 0 Å². The number of rotatable bonds is 3. The van der Waals surface area contributed by atoms with E-state index in [0.717, 1.165) is 24.7 Å². The molecule has 4 nitrogen and oxygen atoms in total. The summed E-state index contributed by atoms with van der Waals surface area (Å²) in [7, 11) is 1.99. The molecule has 0 saturated carbocycles. The molecular weight excluding hydrogens is 176 g/mol. The van der Waals surface area contributed by atoms with Crippen LogP contribution in [-0.2, 0) is 13.6 Å². The fraction of sp³-hybridized carbons (Fsp3) is 0.800. The van der Waals surface area contributed by atoms with Crippen LogP contribution in [-0.4, -0.2) is 21.3 Å². The highest BCUT2D eigenvalue weighted by atomic mass is 15.3. The van der Waals surface area contributed by atoms with Crippen LogP contribution < -0.4 is 5.32 Å². The maximum Gasteiger partial charge on any atom is 0.146 e. The molecule has 0 aliphatic heterocycles. The van der Waals surface area contributed by atoms with Gasteiger partial charge in [0.15, 0.2) is 0 Å². The quantitative estimate of drug-likeness (QED) is 0.791. The molecule has 0 spiro atoms. The first kappa shape index (κ1) is 11.2. The minimum atomic E-state index is 0.313. The summed E-state index contributed by atoms with van der Waals surface area (Å²) in [6, 6.07) is 0. The molecule has 0 atom stereocenters. The van der Waals surface area contributed by atoms with Gasteiger partial charge in [-0.3, -0.25) is 0 Å². The summed E-state index contributed by atoms with van der Waals surface area (Å²) in [4.78, 5) is 0. The van der Waals surface area contributed by atoms with Gasteiger partial charge in [-0.1, -0.05) is 20.8 Å². The van der Waals surface area contributed by atoms with Crippen molar-refractivity contribution >= 4 is 0 Å². The molecule has 1 heterocycles. The number of aromatic nitrogens is 3.